The molecule has 128 valence electrons. The van der Waals surface area contributed by atoms with Gasteiger partial charge in [0.1, 0.15) is 0 Å². The molecule has 1 aliphatic heterocycles. The zero-order valence-electron chi connectivity index (χ0n) is 13.4. The molecule has 1 aromatic rings. The third-order valence-electron chi connectivity index (χ3n) is 3.99. The second-order valence-corrected chi connectivity index (χ2v) is 5.52. The Bertz CT molecular complexity index is 528. The number of urea groups is 1. The Hall–Kier alpha value is -1.86. The van der Waals surface area contributed by atoms with Gasteiger partial charge in [-0.3, -0.25) is 9.78 Å². The van der Waals surface area contributed by atoms with E-state index < -0.39 is 6.04 Å². The number of anilines is 1. The van der Waals surface area contributed by atoms with Crippen LogP contribution in [0.1, 0.15) is 26.7 Å². The number of hydrogen-bond acceptors (Lipinski definition) is 4. The Kier molecular flexibility index (Phi) is 7.25. The number of aromatic nitrogens is 1. The van der Waals surface area contributed by atoms with Crippen LogP contribution < -0.4 is 11.1 Å². The van der Waals surface area contributed by atoms with Gasteiger partial charge in [-0.2, -0.15) is 0 Å². The first-order chi connectivity index (χ1) is 10.5. The molecule has 0 bridgehead atoms. The van der Waals surface area contributed by atoms with Gasteiger partial charge >= 0.3 is 6.03 Å². The molecule has 0 spiro atoms. The van der Waals surface area contributed by atoms with Gasteiger partial charge in [0.15, 0.2) is 0 Å². The number of hydrazine groups is 1. The van der Waals surface area contributed by atoms with Crippen LogP contribution in [0.4, 0.5) is 10.5 Å². The summed E-state index contributed by atoms with van der Waals surface area (Å²) in [6.45, 7) is 4.97. The lowest BCUT2D eigenvalue weighted by Gasteiger charge is -2.31. The molecule has 3 N–H and O–H groups in total. The molecule has 0 aromatic carbocycles. The third-order valence-corrected chi connectivity index (χ3v) is 3.99. The molecular weight excluding hydrogens is 318 g/mol. The van der Waals surface area contributed by atoms with Crippen molar-refractivity contribution >= 4 is 30.0 Å². The molecule has 2 heterocycles. The Morgan fingerprint density at radius 3 is 2.52 bits per heavy atom. The van der Waals surface area contributed by atoms with Crippen molar-refractivity contribution in [1.82, 2.24) is 15.0 Å². The Balaban J connectivity index is 0.00000264. The third kappa shape index (κ3) is 4.56. The van der Waals surface area contributed by atoms with Crippen LogP contribution in [0.5, 0.6) is 0 Å². The molecule has 2 atom stereocenters. The van der Waals surface area contributed by atoms with Gasteiger partial charge in [-0.25, -0.2) is 14.8 Å². The number of carbonyl (C=O) groups excluding carboxylic acids is 2. The van der Waals surface area contributed by atoms with E-state index in [0.717, 1.165) is 12.8 Å². The number of rotatable bonds is 4. The van der Waals surface area contributed by atoms with Crippen molar-refractivity contribution in [3.8, 4) is 0 Å². The highest BCUT2D eigenvalue weighted by molar-refractivity contribution is 5.92. The highest BCUT2D eigenvalue weighted by Crippen LogP contribution is 2.17. The fraction of sp³-hybridized carbons (Fsp3) is 0.533. The molecule has 1 aliphatic rings. The molecule has 2 rings (SSSR count). The molecule has 0 radical (unpaired) electrons. The summed E-state index contributed by atoms with van der Waals surface area (Å²) in [5.41, 5.74) is 6.65. The summed E-state index contributed by atoms with van der Waals surface area (Å²) in [5, 5.41) is 5.66. The normalized spacial score (nSPS) is 16.5. The van der Waals surface area contributed by atoms with Crippen LogP contribution in [0.2, 0.25) is 0 Å². The second-order valence-electron chi connectivity index (χ2n) is 5.52. The van der Waals surface area contributed by atoms with Gasteiger partial charge in [0.05, 0.1) is 6.04 Å². The largest absolute Gasteiger partial charge is 0.340 e. The number of pyridine rings is 1. The van der Waals surface area contributed by atoms with E-state index in [1.165, 1.54) is 10.0 Å². The molecule has 23 heavy (non-hydrogen) atoms. The highest BCUT2D eigenvalue weighted by atomic mass is 35.5. The van der Waals surface area contributed by atoms with Crippen LogP contribution in [0, 0.1) is 5.92 Å². The highest BCUT2D eigenvalue weighted by Gasteiger charge is 2.34. The minimum absolute atomic E-state index is 0. The maximum absolute atomic E-state index is 12.5. The molecule has 1 saturated heterocycles. The number of halogens is 1. The Morgan fingerprint density at radius 2 is 1.91 bits per heavy atom. The number of carbonyl (C=O) groups is 2. The molecule has 2 unspecified atom stereocenters. The maximum atomic E-state index is 12.5. The molecule has 0 aliphatic carbocycles. The lowest BCUT2D eigenvalue weighted by molar-refractivity contribution is -0.142. The smallest absolute Gasteiger partial charge is 0.320 e. The van der Waals surface area contributed by atoms with Gasteiger partial charge in [-0.15, -0.1) is 12.4 Å². The lowest BCUT2D eigenvalue weighted by Crippen LogP contribution is -2.53. The SMILES string of the molecule is CCC(C)C(N)C(=O)N1CCCN1C(=O)Nc1ccncc1.Cl. The average Bonchev–Trinajstić information content (AvgIpc) is 3.03. The van der Waals surface area contributed by atoms with Crippen molar-refractivity contribution in [1.29, 1.82) is 0 Å². The summed E-state index contributed by atoms with van der Waals surface area (Å²) >= 11 is 0. The average molecular weight is 342 g/mol. The van der Waals surface area contributed by atoms with Gasteiger partial charge in [-0.05, 0) is 24.5 Å². The van der Waals surface area contributed by atoms with Gasteiger partial charge < -0.3 is 11.1 Å². The Morgan fingerprint density at radius 1 is 1.30 bits per heavy atom. The lowest BCUT2D eigenvalue weighted by atomic mass is 9.99. The topological polar surface area (TPSA) is 91.6 Å². The fourth-order valence-electron chi connectivity index (χ4n) is 2.34. The summed E-state index contributed by atoms with van der Waals surface area (Å²) in [4.78, 5) is 28.7. The summed E-state index contributed by atoms with van der Waals surface area (Å²) < 4.78 is 0. The van der Waals surface area contributed by atoms with Gasteiger partial charge in [0.25, 0.3) is 5.91 Å². The van der Waals surface area contributed by atoms with Crippen molar-refractivity contribution in [2.24, 2.45) is 11.7 Å². The minimum atomic E-state index is -0.584. The van der Waals surface area contributed by atoms with Crippen molar-refractivity contribution in [3.63, 3.8) is 0 Å². The standard InChI is InChI=1S/C15H23N5O2.ClH/c1-3-11(2)13(16)14(21)19-9-4-10-20(19)15(22)18-12-5-7-17-8-6-12;/h5-8,11,13H,3-4,9-10,16H2,1-2H3,(H,17,18,22);1H. The van der Waals surface area contributed by atoms with Crippen LogP contribution >= 0.6 is 12.4 Å². The first-order valence-electron chi connectivity index (χ1n) is 7.60. The van der Waals surface area contributed by atoms with E-state index in [4.69, 9.17) is 5.73 Å². The maximum Gasteiger partial charge on any atom is 0.340 e. The summed E-state index contributed by atoms with van der Waals surface area (Å²) in [6, 6.07) is 2.49. The molecule has 1 fully saturated rings. The van der Waals surface area contributed by atoms with Crippen molar-refractivity contribution in [3.05, 3.63) is 24.5 Å². The Labute approximate surface area is 142 Å². The number of amides is 3. The van der Waals surface area contributed by atoms with Crippen LogP contribution in [0.25, 0.3) is 0 Å². The zero-order valence-corrected chi connectivity index (χ0v) is 14.3. The monoisotopic (exact) mass is 341 g/mol. The van der Waals surface area contributed by atoms with Gasteiger partial charge in [0, 0.05) is 31.2 Å². The quantitative estimate of drug-likeness (QED) is 0.874. The number of hydrogen-bond donors (Lipinski definition) is 2. The van der Waals surface area contributed by atoms with Crippen LogP contribution in [0.3, 0.4) is 0 Å². The molecule has 8 heteroatoms. The number of nitrogens with two attached hydrogens (primary N) is 1. The zero-order chi connectivity index (χ0) is 16.1. The van der Waals surface area contributed by atoms with Crippen LogP contribution in [0.15, 0.2) is 24.5 Å². The van der Waals surface area contributed by atoms with E-state index in [1.54, 1.807) is 24.5 Å². The second kappa shape index (κ2) is 8.69. The van der Waals surface area contributed by atoms with Crippen molar-refractivity contribution in [2.45, 2.75) is 32.7 Å². The van der Waals surface area contributed by atoms with Gasteiger partial charge in [-0.1, -0.05) is 20.3 Å². The number of nitrogens with zero attached hydrogens (tertiary/aromatic N) is 3. The summed E-state index contributed by atoms with van der Waals surface area (Å²) in [6.07, 6.45) is 4.77. The molecule has 7 nitrogen and oxygen atoms in total. The van der Waals surface area contributed by atoms with E-state index in [1.807, 2.05) is 13.8 Å². The van der Waals surface area contributed by atoms with E-state index in [2.05, 4.69) is 10.3 Å². The molecule has 0 saturated carbocycles. The van der Waals surface area contributed by atoms with E-state index in [-0.39, 0.29) is 30.3 Å². The van der Waals surface area contributed by atoms with E-state index in [9.17, 15) is 9.59 Å². The summed E-state index contributed by atoms with van der Waals surface area (Å²) in [5.74, 6) is -0.116. The number of nitrogens with one attached hydrogen (secondary N) is 1. The van der Waals surface area contributed by atoms with Gasteiger partial charge in [0.2, 0.25) is 0 Å². The minimum Gasteiger partial charge on any atom is -0.320 e. The van der Waals surface area contributed by atoms with Crippen molar-refractivity contribution < 1.29 is 9.59 Å². The fourth-order valence-corrected chi connectivity index (χ4v) is 2.34. The summed E-state index contributed by atoms with van der Waals surface area (Å²) in [7, 11) is 0. The predicted molar refractivity (Wildman–Crippen MR) is 91.0 cm³/mol. The van der Waals surface area contributed by atoms with Crippen LogP contribution in [-0.4, -0.2) is 46.1 Å². The van der Waals surface area contributed by atoms with E-state index >= 15 is 0 Å². The first kappa shape index (κ1) is 19.2. The molecule has 1 aromatic heterocycles. The van der Waals surface area contributed by atoms with E-state index in [0.29, 0.717) is 18.8 Å². The van der Waals surface area contributed by atoms with Crippen LogP contribution in [-0.2, 0) is 4.79 Å². The van der Waals surface area contributed by atoms with Crippen molar-refractivity contribution in [2.75, 3.05) is 18.4 Å². The molecular formula is C15H24ClN5O2. The molecule has 3 amide bonds. The predicted octanol–water partition coefficient (Wildman–Crippen LogP) is 1.86. The first-order valence-corrected chi connectivity index (χ1v) is 7.60.